The molecule has 3 N–H and O–H groups in total. The molecular formula is C15H11ClF2N2O3. The highest BCUT2D eigenvalue weighted by Gasteiger charge is 2.12. The van der Waals surface area contributed by atoms with Gasteiger partial charge in [0.25, 0.3) is 5.91 Å². The molecule has 8 heteroatoms. The molecule has 0 unspecified atom stereocenters. The number of halogens is 3. The number of rotatable bonds is 5. The molecule has 120 valence electrons. The summed E-state index contributed by atoms with van der Waals surface area (Å²) < 4.78 is 28.6. The lowest BCUT2D eigenvalue weighted by atomic mass is 10.1. The number of carbonyl (C=O) groups is 2. The molecule has 0 saturated heterocycles. The number of hydrogen-bond acceptors (Lipinski definition) is 3. The van der Waals surface area contributed by atoms with Crippen molar-refractivity contribution in [1.82, 2.24) is 0 Å². The Labute approximate surface area is 135 Å². The lowest BCUT2D eigenvalue weighted by Crippen LogP contribution is -2.15. The summed E-state index contributed by atoms with van der Waals surface area (Å²) in [4.78, 5) is 23.3. The van der Waals surface area contributed by atoms with Gasteiger partial charge >= 0.3 is 6.61 Å². The highest BCUT2D eigenvalue weighted by Crippen LogP contribution is 2.24. The van der Waals surface area contributed by atoms with Crippen LogP contribution >= 0.6 is 11.6 Å². The fraction of sp³-hybridized carbons (Fsp3) is 0.0667. The third-order valence-corrected chi connectivity index (χ3v) is 3.15. The summed E-state index contributed by atoms with van der Waals surface area (Å²) in [5.74, 6) is -1.43. The van der Waals surface area contributed by atoms with E-state index in [0.717, 1.165) is 6.07 Å². The first-order valence-electron chi connectivity index (χ1n) is 6.32. The second-order valence-electron chi connectivity index (χ2n) is 4.42. The van der Waals surface area contributed by atoms with Gasteiger partial charge in [-0.2, -0.15) is 8.78 Å². The number of alkyl halides is 2. The van der Waals surface area contributed by atoms with Crippen molar-refractivity contribution in [2.45, 2.75) is 6.61 Å². The van der Waals surface area contributed by atoms with Gasteiger partial charge < -0.3 is 15.8 Å². The van der Waals surface area contributed by atoms with Gasteiger partial charge in [0.15, 0.2) is 0 Å². The highest BCUT2D eigenvalue weighted by molar-refractivity contribution is 6.34. The minimum atomic E-state index is -2.99. The van der Waals surface area contributed by atoms with Crippen LogP contribution in [0.2, 0.25) is 5.02 Å². The summed E-state index contributed by atoms with van der Waals surface area (Å²) in [6, 6.07) is 9.41. The van der Waals surface area contributed by atoms with Crippen molar-refractivity contribution in [1.29, 1.82) is 0 Å². The van der Waals surface area contributed by atoms with Crippen molar-refractivity contribution in [3.8, 4) is 5.75 Å². The molecule has 0 saturated carbocycles. The maximum absolute atomic E-state index is 12.2. The normalized spacial score (nSPS) is 10.4. The van der Waals surface area contributed by atoms with Crippen LogP contribution in [0.25, 0.3) is 0 Å². The largest absolute Gasteiger partial charge is 0.435 e. The SMILES string of the molecule is NC(=O)c1ccc(Cl)c(NC(=O)c2cccc(OC(F)F)c2)c1. The van der Waals surface area contributed by atoms with Crippen LogP contribution < -0.4 is 15.8 Å². The highest BCUT2D eigenvalue weighted by atomic mass is 35.5. The molecule has 0 bridgehead atoms. The lowest BCUT2D eigenvalue weighted by Gasteiger charge is -2.10. The molecule has 0 radical (unpaired) electrons. The first-order chi connectivity index (χ1) is 10.9. The zero-order valence-electron chi connectivity index (χ0n) is 11.6. The second-order valence-corrected chi connectivity index (χ2v) is 4.83. The average molecular weight is 341 g/mol. The molecule has 0 aliphatic rings. The minimum Gasteiger partial charge on any atom is -0.435 e. The van der Waals surface area contributed by atoms with Gasteiger partial charge in [0, 0.05) is 11.1 Å². The molecule has 0 fully saturated rings. The Morgan fingerprint density at radius 2 is 1.87 bits per heavy atom. The molecule has 2 aromatic rings. The molecule has 0 spiro atoms. The number of benzene rings is 2. The summed E-state index contributed by atoms with van der Waals surface area (Å²) in [5, 5.41) is 2.68. The summed E-state index contributed by atoms with van der Waals surface area (Å²) >= 11 is 5.94. The lowest BCUT2D eigenvalue weighted by molar-refractivity contribution is -0.0498. The fourth-order valence-electron chi connectivity index (χ4n) is 1.78. The van der Waals surface area contributed by atoms with Crippen LogP contribution in [0.15, 0.2) is 42.5 Å². The van der Waals surface area contributed by atoms with E-state index in [9.17, 15) is 18.4 Å². The Morgan fingerprint density at radius 3 is 2.52 bits per heavy atom. The molecule has 2 aromatic carbocycles. The van der Waals surface area contributed by atoms with Gasteiger partial charge in [0.2, 0.25) is 5.91 Å². The third-order valence-electron chi connectivity index (χ3n) is 2.82. The van der Waals surface area contributed by atoms with E-state index >= 15 is 0 Å². The topological polar surface area (TPSA) is 81.4 Å². The number of carbonyl (C=O) groups excluding carboxylic acids is 2. The first-order valence-corrected chi connectivity index (χ1v) is 6.70. The number of amides is 2. The van der Waals surface area contributed by atoms with E-state index < -0.39 is 18.4 Å². The Balaban J connectivity index is 2.22. The molecule has 0 aromatic heterocycles. The van der Waals surface area contributed by atoms with Gasteiger partial charge in [-0.1, -0.05) is 17.7 Å². The zero-order valence-corrected chi connectivity index (χ0v) is 12.3. The predicted molar refractivity (Wildman–Crippen MR) is 81.0 cm³/mol. The van der Waals surface area contributed by atoms with E-state index in [1.54, 1.807) is 0 Å². The van der Waals surface area contributed by atoms with Crippen LogP contribution in [0.1, 0.15) is 20.7 Å². The Hall–Kier alpha value is -2.67. The maximum atomic E-state index is 12.2. The van der Waals surface area contributed by atoms with E-state index in [-0.39, 0.29) is 27.6 Å². The number of nitrogens with two attached hydrogens (primary N) is 1. The van der Waals surface area contributed by atoms with E-state index in [4.69, 9.17) is 17.3 Å². The van der Waals surface area contributed by atoms with Crippen LogP contribution in [0.3, 0.4) is 0 Å². The van der Waals surface area contributed by atoms with Crippen molar-refractivity contribution >= 4 is 29.1 Å². The minimum absolute atomic E-state index is 0.0868. The van der Waals surface area contributed by atoms with Gasteiger partial charge in [0.1, 0.15) is 5.75 Å². The quantitative estimate of drug-likeness (QED) is 0.876. The van der Waals surface area contributed by atoms with Crippen molar-refractivity contribution in [3.63, 3.8) is 0 Å². The Kier molecular flexibility index (Phi) is 5.13. The number of primary amides is 1. The van der Waals surface area contributed by atoms with E-state index in [1.165, 1.54) is 36.4 Å². The molecule has 5 nitrogen and oxygen atoms in total. The van der Waals surface area contributed by atoms with Crippen LogP contribution in [-0.4, -0.2) is 18.4 Å². The smallest absolute Gasteiger partial charge is 0.387 e. The van der Waals surface area contributed by atoms with Gasteiger partial charge in [-0.3, -0.25) is 9.59 Å². The molecule has 0 atom stereocenters. The first kappa shape index (κ1) is 16.7. The standard InChI is InChI=1S/C15H11ClF2N2O3/c16-11-5-4-8(13(19)21)7-12(11)20-14(22)9-2-1-3-10(6-9)23-15(17)18/h1-7,15H,(H2,19,21)(H,20,22). The van der Waals surface area contributed by atoms with Crippen molar-refractivity contribution in [2.75, 3.05) is 5.32 Å². The molecular weight excluding hydrogens is 330 g/mol. The molecule has 2 amide bonds. The number of anilines is 1. The molecule has 0 heterocycles. The number of ether oxygens (including phenoxy) is 1. The Bertz CT molecular complexity index is 753. The molecule has 0 aliphatic carbocycles. The van der Waals surface area contributed by atoms with Crippen LogP contribution in [0.4, 0.5) is 14.5 Å². The van der Waals surface area contributed by atoms with E-state index in [2.05, 4.69) is 10.1 Å². The fourth-order valence-corrected chi connectivity index (χ4v) is 1.95. The van der Waals surface area contributed by atoms with Gasteiger partial charge in [-0.25, -0.2) is 0 Å². The van der Waals surface area contributed by atoms with Gasteiger partial charge in [-0.15, -0.1) is 0 Å². The second kappa shape index (κ2) is 7.06. The van der Waals surface area contributed by atoms with Crippen LogP contribution in [0.5, 0.6) is 5.75 Å². The molecule has 23 heavy (non-hydrogen) atoms. The third kappa shape index (κ3) is 4.40. The summed E-state index contributed by atoms with van der Waals surface area (Å²) in [7, 11) is 0. The van der Waals surface area contributed by atoms with Gasteiger partial charge in [-0.05, 0) is 36.4 Å². The van der Waals surface area contributed by atoms with Gasteiger partial charge in [0.05, 0.1) is 10.7 Å². The average Bonchev–Trinajstić information content (AvgIpc) is 2.48. The Morgan fingerprint density at radius 1 is 1.13 bits per heavy atom. The monoisotopic (exact) mass is 340 g/mol. The van der Waals surface area contributed by atoms with Crippen LogP contribution in [-0.2, 0) is 0 Å². The number of nitrogens with one attached hydrogen (secondary N) is 1. The summed E-state index contributed by atoms with van der Waals surface area (Å²) in [6.07, 6.45) is 0. The summed E-state index contributed by atoms with van der Waals surface area (Å²) in [6.45, 7) is -2.99. The number of hydrogen-bond donors (Lipinski definition) is 2. The van der Waals surface area contributed by atoms with E-state index in [0.29, 0.717) is 0 Å². The van der Waals surface area contributed by atoms with E-state index in [1.807, 2.05) is 0 Å². The maximum Gasteiger partial charge on any atom is 0.387 e. The zero-order chi connectivity index (χ0) is 17.0. The predicted octanol–water partition coefficient (Wildman–Crippen LogP) is 3.29. The van der Waals surface area contributed by atoms with Crippen molar-refractivity contribution in [3.05, 3.63) is 58.6 Å². The van der Waals surface area contributed by atoms with Crippen molar-refractivity contribution in [2.24, 2.45) is 5.73 Å². The summed E-state index contributed by atoms with van der Waals surface area (Å²) in [5.41, 5.74) is 5.59. The molecule has 0 aliphatic heterocycles. The molecule has 2 rings (SSSR count). The van der Waals surface area contributed by atoms with Crippen molar-refractivity contribution < 1.29 is 23.1 Å². The van der Waals surface area contributed by atoms with Crippen LogP contribution in [0, 0.1) is 0 Å².